The molecule has 18 heavy (non-hydrogen) atoms. The normalized spacial score (nSPS) is 22.3. The van der Waals surface area contributed by atoms with Crippen LogP contribution in [0.25, 0.3) is 0 Å². The molecule has 0 saturated heterocycles. The highest BCUT2D eigenvalue weighted by atomic mass is 15.3. The van der Waals surface area contributed by atoms with Crippen LogP contribution < -0.4 is 11.1 Å². The van der Waals surface area contributed by atoms with Crippen molar-refractivity contribution < 1.29 is 0 Å². The average Bonchev–Trinajstić information content (AvgIpc) is 2.75. The van der Waals surface area contributed by atoms with Gasteiger partial charge in [-0.3, -0.25) is 4.68 Å². The highest BCUT2D eigenvalue weighted by Gasteiger charge is 2.31. The summed E-state index contributed by atoms with van der Waals surface area (Å²) in [6.07, 6.45) is 5.75. The summed E-state index contributed by atoms with van der Waals surface area (Å²) in [6.45, 7) is 6.83. The Balaban J connectivity index is 2.10. The first kappa shape index (κ1) is 13.2. The lowest BCUT2D eigenvalue weighted by Crippen LogP contribution is -2.20. The molecule has 1 saturated carbocycles. The Morgan fingerprint density at radius 1 is 1.50 bits per heavy atom. The van der Waals surface area contributed by atoms with E-state index in [2.05, 4.69) is 31.2 Å². The summed E-state index contributed by atoms with van der Waals surface area (Å²) in [5.41, 5.74) is 8.51. The lowest BCUT2D eigenvalue weighted by atomic mass is 9.92. The van der Waals surface area contributed by atoms with Crippen molar-refractivity contribution in [2.45, 2.75) is 58.9 Å². The van der Waals surface area contributed by atoms with Gasteiger partial charge in [-0.2, -0.15) is 5.10 Å². The van der Waals surface area contributed by atoms with Gasteiger partial charge in [0.05, 0.1) is 11.4 Å². The molecule has 1 atom stereocenters. The molecule has 1 unspecified atom stereocenters. The second-order valence-corrected chi connectivity index (χ2v) is 6.33. The Bertz CT molecular complexity index is 420. The van der Waals surface area contributed by atoms with Crippen molar-refractivity contribution in [3.05, 3.63) is 5.69 Å². The van der Waals surface area contributed by atoms with Crippen LogP contribution in [0.5, 0.6) is 0 Å². The monoisotopic (exact) mass is 250 g/mol. The van der Waals surface area contributed by atoms with E-state index >= 15 is 0 Å². The Morgan fingerprint density at radius 2 is 2.22 bits per heavy atom. The Morgan fingerprint density at radius 3 is 2.78 bits per heavy atom. The van der Waals surface area contributed by atoms with E-state index in [9.17, 15) is 0 Å². The van der Waals surface area contributed by atoms with Crippen molar-refractivity contribution >= 4 is 11.5 Å². The molecule has 1 heterocycles. The summed E-state index contributed by atoms with van der Waals surface area (Å²) in [4.78, 5) is 0. The van der Waals surface area contributed by atoms with Crippen molar-refractivity contribution in [3.63, 3.8) is 0 Å². The predicted octanol–water partition coefficient (Wildman–Crippen LogP) is 2.95. The van der Waals surface area contributed by atoms with Crippen LogP contribution in [0.15, 0.2) is 0 Å². The van der Waals surface area contributed by atoms with Crippen LogP contribution in [-0.4, -0.2) is 15.8 Å². The molecule has 1 aliphatic rings. The van der Waals surface area contributed by atoms with Gasteiger partial charge in [0.2, 0.25) is 0 Å². The number of nitrogens with two attached hydrogens (primary N) is 1. The van der Waals surface area contributed by atoms with Gasteiger partial charge >= 0.3 is 0 Å². The maximum Gasteiger partial charge on any atom is 0.147 e. The van der Waals surface area contributed by atoms with Crippen molar-refractivity contribution in [2.75, 3.05) is 11.1 Å². The maximum absolute atomic E-state index is 6.19. The van der Waals surface area contributed by atoms with E-state index in [4.69, 9.17) is 5.73 Å². The van der Waals surface area contributed by atoms with Gasteiger partial charge in [0.1, 0.15) is 5.82 Å². The average molecular weight is 250 g/mol. The Kier molecular flexibility index (Phi) is 3.55. The van der Waals surface area contributed by atoms with E-state index < -0.39 is 0 Å². The standard InChI is InChI=1S/C14H26N4/c1-5-6-11-12(15)13(18(4)17-11)16-10-7-8-14(2,3)9-10/h10,16H,5-9,15H2,1-4H3. The van der Waals surface area contributed by atoms with Gasteiger partial charge in [-0.1, -0.05) is 27.2 Å². The van der Waals surface area contributed by atoms with Crippen LogP contribution in [-0.2, 0) is 13.5 Å². The molecule has 1 aromatic heterocycles. The molecule has 1 aliphatic carbocycles. The van der Waals surface area contributed by atoms with Gasteiger partial charge in [-0.05, 0) is 31.1 Å². The van der Waals surface area contributed by atoms with E-state index in [-0.39, 0.29) is 0 Å². The van der Waals surface area contributed by atoms with Crippen molar-refractivity contribution in [1.82, 2.24) is 9.78 Å². The van der Waals surface area contributed by atoms with E-state index in [1.807, 2.05) is 11.7 Å². The molecule has 0 aromatic carbocycles. The molecular weight excluding hydrogens is 224 g/mol. The molecule has 102 valence electrons. The lowest BCUT2D eigenvalue weighted by Gasteiger charge is -2.18. The van der Waals surface area contributed by atoms with Gasteiger partial charge < -0.3 is 11.1 Å². The van der Waals surface area contributed by atoms with Crippen LogP contribution in [0.3, 0.4) is 0 Å². The number of nitrogens with one attached hydrogen (secondary N) is 1. The fourth-order valence-corrected chi connectivity index (χ4v) is 2.94. The van der Waals surface area contributed by atoms with Gasteiger partial charge in [0, 0.05) is 13.1 Å². The fraction of sp³-hybridized carbons (Fsp3) is 0.786. The number of nitrogens with zero attached hydrogens (tertiary/aromatic N) is 2. The summed E-state index contributed by atoms with van der Waals surface area (Å²) >= 11 is 0. The fourth-order valence-electron chi connectivity index (χ4n) is 2.94. The molecule has 0 bridgehead atoms. The SMILES string of the molecule is CCCc1nn(C)c(NC2CCC(C)(C)C2)c1N. The van der Waals surface area contributed by atoms with Crippen LogP contribution in [0.1, 0.15) is 52.1 Å². The molecule has 4 heteroatoms. The molecule has 1 aromatic rings. The molecule has 2 rings (SSSR count). The van der Waals surface area contributed by atoms with Crippen molar-refractivity contribution in [1.29, 1.82) is 0 Å². The van der Waals surface area contributed by atoms with E-state index in [1.165, 1.54) is 19.3 Å². The number of aromatic nitrogens is 2. The quantitative estimate of drug-likeness (QED) is 0.864. The first-order chi connectivity index (χ1) is 8.43. The third-order valence-electron chi connectivity index (χ3n) is 3.96. The summed E-state index contributed by atoms with van der Waals surface area (Å²) < 4.78 is 1.89. The van der Waals surface area contributed by atoms with E-state index in [1.54, 1.807) is 0 Å². The van der Waals surface area contributed by atoms with Crippen LogP contribution in [0.4, 0.5) is 11.5 Å². The second-order valence-electron chi connectivity index (χ2n) is 6.33. The zero-order valence-corrected chi connectivity index (χ0v) is 12.1. The van der Waals surface area contributed by atoms with Gasteiger partial charge in [0.15, 0.2) is 0 Å². The minimum atomic E-state index is 0.456. The highest BCUT2D eigenvalue weighted by molar-refractivity contribution is 5.65. The zero-order valence-electron chi connectivity index (χ0n) is 12.1. The number of hydrogen-bond donors (Lipinski definition) is 2. The van der Waals surface area contributed by atoms with Crippen molar-refractivity contribution in [3.8, 4) is 0 Å². The molecule has 0 amide bonds. The molecule has 4 nitrogen and oxygen atoms in total. The number of aryl methyl sites for hydroxylation is 2. The lowest BCUT2D eigenvalue weighted by molar-refractivity contribution is 0.378. The van der Waals surface area contributed by atoms with Gasteiger partial charge in [0.25, 0.3) is 0 Å². The van der Waals surface area contributed by atoms with Crippen LogP contribution >= 0.6 is 0 Å². The van der Waals surface area contributed by atoms with E-state index in [0.29, 0.717) is 11.5 Å². The number of rotatable bonds is 4. The molecule has 0 spiro atoms. The highest BCUT2D eigenvalue weighted by Crippen LogP contribution is 2.39. The predicted molar refractivity (Wildman–Crippen MR) is 76.7 cm³/mol. The minimum Gasteiger partial charge on any atom is -0.394 e. The molecular formula is C14H26N4. The summed E-state index contributed by atoms with van der Waals surface area (Å²) in [5.74, 6) is 1.00. The Labute approximate surface area is 110 Å². The summed E-state index contributed by atoms with van der Waals surface area (Å²) in [7, 11) is 1.97. The Hall–Kier alpha value is -1.19. The van der Waals surface area contributed by atoms with Crippen LogP contribution in [0, 0.1) is 5.41 Å². The minimum absolute atomic E-state index is 0.456. The van der Waals surface area contributed by atoms with Crippen molar-refractivity contribution in [2.24, 2.45) is 12.5 Å². The molecule has 0 aliphatic heterocycles. The first-order valence-electron chi connectivity index (χ1n) is 7.01. The molecule has 0 radical (unpaired) electrons. The molecule has 1 fully saturated rings. The summed E-state index contributed by atoms with van der Waals surface area (Å²) in [6, 6.07) is 0.534. The van der Waals surface area contributed by atoms with E-state index in [0.717, 1.165) is 30.0 Å². The third-order valence-corrected chi connectivity index (χ3v) is 3.96. The smallest absolute Gasteiger partial charge is 0.147 e. The topological polar surface area (TPSA) is 55.9 Å². The van der Waals surface area contributed by atoms with Gasteiger partial charge in [-0.25, -0.2) is 0 Å². The first-order valence-corrected chi connectivity index (χ1v) is 7.01. The number of hydrogen-bond acceptors (Lipinski definition) is 3. The van der Waals surface area contributed by atoms with Crippen LogP contribution in [0.2, 0.25) is 0 Å². The largest absolute Gasteiger partial charge is 0.394 e. The molecule has 3 N–H and O–H groups in total. The number of anilines is 2. The third kappa shape index (κ3) is 2.62. The summed E-state index contributed by atoms with van der Waals surface area (Å²) in [5, 5.41) is 8.09. The second kappa shape index (κ2) is 4.82. The number of nitrogen functional groups attached to an aromatic ring is 1. The maximum atomic E-state index is 6.19. The zero-order chi connectivity index (χ0) is 13.3. The van der Waals surface area contributed by atoms with Gasteiger partial charge in [-0.15, -0.1) is 0 Å².